The standard InChI is InChI=1S/C12H18N4O4S/c1-13-10-4-3-5-11(12(10)16(17)18)21(19,20)15-8-6-14(2)7-9-15/h3-5,13H,6-9H2,1-2H3. The lowest BCUT2D eigenvalue weighted by Crippen LogP contribution is -2.47. The van der Waals surface area contributed by atoms with Gasteiger partial charge >= 0.3 is 5.69 Å². The van der Waals surface area contributed by atoms with Crippen molar-refractivity contribution in [2.75, 3.05) is 45.6 Å². The number of benzene rings is 1. The second-order valence-corrected chi connectivity index (χ2v) is 6.77. The van der Waals surface area contributed by atoms with Crippen molar-refractivity contribution in [1.82, 2.24) is 9.21 Å². The number of nitrogens with zero attached hydrogens (tertiary/aromatic N) is 3. The van der Waals surface area contributed by atoms with Gasteiger partial charge in [-0.3, -0.25) is 10.1 Å². The van der Waals surface area contributed by atoms with Crippen LogP contribution in [0.5, 0.6) is 0 Å². The molecule has 0 amide bonds. The third-order valence-electron chi connectivity index (χ3n) is 3.53. The molecule has 1 aliphatic heterocycles. The number of nitro groups is 1. The van der Waals surface area contributed by atoms with Gasteiger partial charge in [0.05, 0.1) is 4.92 Å². The van der Waals surface area contributed by atoms with Crippen LogP contribution in [0.4, 0.5) is 11.4 Å². The lowest BCUT2D eigenvalue weighted by atomic mass is 10.3. The zero-order valence-electron chi connectivity index (χ0n) is 11.9. The highest BCUT2D eigenvalue weighted by Crippen LogP contribution is 2.33. The maximum atomic E-state index is 12.7. The van der Waals surface area contributed by atoms with E-state index < -0.39 is 20.6 Å². The van der Waals surface area contributed by atoms with Gasteiger partial charge < -0.3 is 10.2 Å². The van der Waals surface area contributed by atoms with Crippen LogP contribution in [0.2, 0.25) is 0 Å². The summed E-state index contributed by atoms with van der Waals surface area (Å²) >= 11 is 0. The summed E-state index contributed by atoms with van der Waals surface area (Å²) in [6.45, 7) is 1.89. The summed E-state index contributed by atoms with van der Waals surface area (Å²) in [4.78, 5) is 12.4. The molecule has 0 unspecified atom stereocenters. The number of sulfonamides is 1. The predicted octanol–water partition coefficient (Wildman–Crippen LogP) is 0.573. The zero-order valence-corrected chi connectivity index (χ0v) is 12.8. The second kappa shape index (κ2) is 5.96. The molecular formula is C12H18N4O4S. The Morgan fingerprint density at radius 2 is 1.86 bits per heavy atom. The van der Waals surface area contributed by atoms with E-state index >= 15 is 0 Å². The predicted molar refractivity (Wildman–Crippen MR) is 78.9 cm³/mol. The van der Waals surface area contributed by atoms with E-state index in [2.05, 4.69) is 5.32 Å². The summed E-state index contributed by atoms with van der Waals surface area (Å²) in [5, 5.41) is 13.9. The molecule has 1 fully saturated rings. The molecule has 1 aromatic rings. The average molecular weight is 314 g/mol. The van der Waals surface area contributed by atoms with E-state index in [0.29, 0.717) is 26.2 Å². The molecule has 8 nitrogen and oxygen atoms in total. The van der Waals surface area contributed by atoms with Gasteiger partial charge in [-0.1, -0.05) is 6.07 Å². The van der Waals surface area contributed by atoms with Crippen LogP contribution in [0, 0.1) is 10.1 Å². The Bertz CT molecular complexity index is 639. The van der Waals surface area contributed by atoms with E-state index in [4.69, 9.17) is 0 Å². The van der Waals surface area contributed by atoms with E-state index in [1.165, 1.54) is 29.6 Å². The first-order chi connectivity index (χ1) is 9.87. The van der Waals surface area contributed by atoms with Gasteiger partial charge in [-0.2, -0.15) is 4.31 Å². The van der Waals surface area contributed by atoms with E-state index in [9.17, 15) is 18.5 Å². The van der Waals surface area contributed by atoms with Crippen LogP contribution < -0.4 is 5.32 Å². The SMILES string of the molecule is CNc1cccc(S(=O)(=O)N2CCN(C)CC2)c1[N+](=O)[O-]. The maximum absolute atomic E-state index is 12.7. The molecule has 1 saturated heterocycles. The second-order valence-electron chi connectivity index (χ2n) is 4.87. The van der Waals surface area contributed by atoms with Crippen molar-refractivity contribution in [3.8, 4) is 0 Å². The number of hydrogen-bond acceptors (Lipinski definition) is 6. The van der Waals surface area contributed by atoms with Crippen molar-refractivity contribution < 1.29 is 13.3 Å². The van der Waals surface area contributed by atoms with Gasteiger partial charge in [0.1, 0.15) is 5.69 Å². The van der Waals surface area contributed by atoms with Gasteiger partial charge in [0.15, 0.2) is 4.90 Å². The molecule has 0 radical (unpaired) electrons. The summed E-state index contributed by atoms with van der Waals surface area (Å²) in [5.74, 6) is 0. The first kappa shape index (κ1) is 15.7. The summed E-state index contributed by atoms with van der Waals surface area (Å²) in [7, 11) is -0.436. The van der Waals surface area contributed by atoms with Crippen LogP contribution >= 0.6 is 0 Å². The Labute approximate surface area is 123 Å². The molecule has 1 aliphatic rings. The molecule has 0 aliphatic carbocycles. The molecule has 1 aromatic carbocycles. The van der Waals surface area contributed by atoms with Crippen LogP contribution in [0.3, 0.4) is 0 Å². The topological polar surface area (TPSA) is 95.8 Å². The van der Waals surface area contributed by atoms with Gasteiger partial charge in [-0.15, -0.1) is 0 Å². The van der Waals surface area contributed by atoms with E-state index in [1.54, 1.807) is 0 Å². The molecule has 21 heavy (non-hydrogen) atoms. The lowest BCUT2D eigenvalue weighted by molar-refractivity contribution is -0.386. The summed E-state index contributed by atoms with van der Waals surface area (Å²) in [6, 6.07) is 4.27. The molecule has 0 aromatic heterocycles. The van der Waals surface area contributed by atoms with Gasteiger partial charge in [-0.05, 0) is 19.2 Å². The lowest BCUT2D eigenvalue weighted by Gasteiger charge is -2.31. The van der Waals surface area contributed by atoms with E-state index in [1.807, 2.05) is 11.9 Å². The van der Waals surface area contributed by atoms with Crippen molar-refractivity contribution >= 4 is 21.4 Å². The third kappa shape index (κ3) is 2.99. The molecule has 0 spiro atoms. The highest BCUT2D eigenvalue weighted by atomic mass is 32.2. The first-order valence-corrected chi connectivity index (χ1v) is 7.95. The van der Waals surface area contributed by atoms with Gasteiger partial charge in [0.2, 0.25) is 10.0 Å². The van der Waals surface area contributed by atoms with Crippen molar-refractivity contribution in [1.29, 1.82) is 0 Å². The molecule has 0 atom stereocenters. The fourth-order valence-electron chi connectivity index (χ4n) is 2.29. The summed E-state index contributed by atoms with van der Waals surface area (Å²) in [6.07, 6.45) is 0. The Morgan fingerprint density at radius 1 is 1.24 bits per heavy atom. The monoisotopic (exact) mass is 314 g/mol. The Morgan fingerprint density at radius 3 is 2.38 bits per heavy atom. The number of rotatable bonds is 4. The summed E-state index contributed by atoms with van der Waals surface area (Å²) < 4.78 is 26.6. The number of likely N-dealkylation sites (N-methyl/N-ethyl adjacent to an activating group) is 1. The quantitative estimate of drug-likeness (QED) is 0.645. The van der Waals surface area contributed by atoms with Crippen molar-refractivity contribution in [3.05, 3.63) is 28.3 Å². The van der Waals surface area contributed by atoms with Gasteiger partial charge in [0.25, 0.3) is 0 Å². The number of para-hydroxylation sites is 1. The number of hydrogen-bond donors (Lipinski definition) is 1. The molecule has 1 N–H and O–H groups in total. The van der Waals surface area contributed by atoms with Crippen LogP contribution in [-0.4, -0.2) is 62.8 Å². The van der Waals surface area contributed by atoms with Crippen molar-refractivity contribution in [2.45, 2.75) is 4.90 Å². The highest BCUT2D eigenvalue weighted by Gasteiger charge is 2.34. The Kier molecular flexibility index (Phi) is 4.45. The van der Waals surface area contributed by atoms with E-state index in [-0.39, 0.29) is 10.6 Å². The largest absolute Gasteiger partial charge is 0.383 e. The first-order valence-electron chi connectivity index (χ1n) is 6.51. The molecule has 116 valence electrons. The third-order valence-corrected chi connectivity index (χ3v) is 5.46. The van der Waals surface area contributed by atoms with Crippen molar-refractivity contribution in [2.24, 2.45) is 0 Å². The van der Waals surface area contributed by atoms with Crippen molar-refractivity contribution in [3.63, 3.8) is 0 Å². The average Bonchev–Trinajstić information content (AvgIpc) is 2.46. The van der Waals surface area contributed by atoms with Gasteiger partial charge in [-0.25, -0.2) is 8.42 Å². The fraction of sp³-hybridized carbons (Fsp3) is 0.500. The molecule has 0 saturated carbocycles. The maximum Gasteiger partial charge on any atom is 0.312 e. The number of nitro benzene ring substituents is 1. The Hall–Kier alpha value is -1.71. The number of piperazine rings is 1. The molecule has 2 rings (SSSR count). The smallest absolute Gasteiger partial charge is 0.312 e. The fourth-order valence-corrected chi connectivity index (χ4v) is 3.89. The van der Waals surface area contributed by atoms with Crippen LogP contribution in [0.1, 0.15) is 0 Å². The minimum Gasteiger partial charge on any atom is -0.383 e. The zero-order chi connectivity index (χ0) is 15.6. The number of anilines is 1. The minimum atomic E-state index is -3.87. The highest BCUT2D eigenvalue weighted by molar-refractivity contribution is 7.89. The Balaban J connectivity index is 2.47. The van der Waals surface area contributed by atoms with Crippen LogP contribution in [-0.2, 0) is 10.0 Å². The van der Waals surface area contributed by atoms with Crippen LogP contribution in [0.15, 0.2) is 23.1 Å². The molecule has 0 bridgehead atoms. The molecule has 1 heterocycles. The number of nitrogens with one attached hydrogen (secondary N) is 1. The van der Waals surface area contributed by atoms with Gasteiger partial charge in [0, 0.05) is 33.2 Å². The molecule has 9 heteroatoms. The van der Waals surface area contributed by atoms with E-state index in [0.717, 1.165) is 0 Å². The normalized spacial score (nSPS) is 17.6. The summed E-state index contributed by atoms with van der Waals surface area (Å²) in [5.41, 5.74) is -0.214. The van der Waals surface area contributed by atoms with Crippen LogP contribution in [0.25, 0.3) is 0 Å². The minimum absolute atomic E-state index is 0.190. The molecular weight excluding hydrogens is 296 g/mol.